The van der Waals surface area contributed by atoms with E-state index in [1.165, 1.54) is 18.4 Å². The topological polar surface area (TPSA) is 31.4 Å². The average Bonchev–Trinajstić information content (AvgIpc) is 2.41. The Morgan fingerprint density at radius 1 is 1.32 bits per heavy atom. The van der Waals surface area contributed by atoms with Crippen LogP contribution in [-0.2, 0) is 6.54 Å². The molecule has 0 radical (unpaired) electrons. The van der Waals surface area contributed by atoms with E-state index in [1.54, 1.807) is 0 Å². The van der Waals surface area contributed by atoms with Crippen molar-refractivity contribution in [2.24, 2.45) is 0 Å². The molecule has 1 aromatic heterocycles. The zero-order chi connectivity index (χ0) is 13.8. The molecule has 1 aliphatic rings. The van der Waals surface area contributed by atoms with Crippen LogP contribution >= 0.6 is 0 Å². The molecule has 0 spiro atoms. The Kier molecular flexibility index (Phi) is 4.77. The number of aromatic nitrogens is 1. The van der Waals surface area contributed by atoms with Gasteiger partial charge in [0.25, 0.3) is 0 Å². The number of anilines is 1. The third-order valence-electron chi connectivity index (χ3n) is 4.07. The average molecular weight is 262 g/mol. The Labute approximate surface area is 116 Å². The first-order valence-corrected chi connectivity index (χ1v) is 7.14. The summed E-state index contributed by atoms with van der Waals surface area (Å²) in [7, 11) is 6.32. The van der Waals surface area contributed by atoms with Crippen LogP contribution in [0.5, 0.6) is 0 Å². The minimum absolute atomic E-state index is 0.723. The van der Waals surface area contributed by atoms with Gasteiger partial charge in [0, 0.05) is 31.4 Å². The zero-order valence-corrected chi connectivity index (χ0v) is 12.6. The lowest BCUT2D eigenvalue weighted by Crippen LogP contribution is -2.42. The van der Waals surface area contributed by atoms with E-state index in [0.717, 1.165) is 37.2 Å². The van der Waals surface area contributed by atoms with Gasteiger partial charge in [-0.3, -0.25) is 0 Å². The molecular formula is C15H26N4. The molecule has 0 amide bonds. The summed E-state index contributed by atoms with van der Waals surface area (Å²) in [4.78, 5) is 9.51. The van der Waals surface area contributed by atoms with E-state index >= 15 is 0 Å². The number of aryl methyl sites for hydroxylation is 1. The van der Waals surface area contributed by atoms with Crippen LogP contribution in [0, 0.1) is 6.92 Å². The maximum absolute atomic E-state index is 4.76. The van der Waals surface area contributed by atoms with E-state index < -0.39 is 0 Å². The van der Waals surface area contributed by atoms with E-state index in [4.69, 9.17) is 4.98 Å². The molecule has 1 saturated heterocycles. The van der Waals surface area contributed by atoms with Gasteiger partial charge in [-0.05, 0) is 52.5 Å². The van der Waals surface area contributed by atoms with Crippen LogP contribution in [0.4, 0.5) is 5.82 Å². The SMILES string of the molecule is CNCc1ccc(N2CCC(N(C)C)CC2)nc1C. The second-order valence-electron chi connectivity index (χ2n) is 5.63. The van der Waals surface area contributed by atoms with Crippen LogP contribution in [0.2, 0.25) is 0 Å². The van der Waals surface area contributed by atoms with Gasteiger partial charge in [-0.25, -0.2) is 4.98 Å². The predicted molar refractivity (Wildman–Crippen MR) is 80.7 cm³/mol. The highest BCUT2D eigenvalue weighted by Crippen LogP contribution is 2.21. The van der Waals surface area contributed by atoms with Crippen molar-refractivity contribution < 1.29 is 0 Å². The lowest BCUT2D eigenvalue weighted by atomic mass is 10.0. The molecule has 106 valence electrons. The Balaban J connectivity index is 2.01. The molecule has 19 heavy (non-hydrogen) atoms. The summed E-state index contributed by atoms with van der Waals surface area (Å²) in [5.41, 5.74) is 2.43. The fourth-order valence-electron chi connectivity index (χ4n) is 2.74. The molecule has 0 aromatic carbocycles. The maximum atomic E-state index is 4.76. The van der Waals surface area contributed by atoms with Gasteiger partial charge in [-0.1, -0.05) is 6.07 Å². The van der Waals surface area contributed by atoms with Crippen molar-refractivity contribution >= 4 is 5.82 Å². The molecule has 1 aliphatic heterocycles. The summed E-state index contributed by atoms with van der Waals surface area (Å²) in [5, 5.41) is 3.18. The molecule has 2 rings (SSSR count). The summed E-state index contributed by atoms with van der Waals surface area (Å²) in [5.74, 6) is 1.13. The van der Waals surface area contributed by atoms with Crippen molar-refractivity contribution in [3.05, 3.63) is 23.4 Å². The number of pyridine rings is 1. The van der Waals surface area contributed by atoms with Gasteiger partial charge in [0.1, 0.15) is 5.82 Å². The van der Waals surface area contributed by atoms with Gasteiger partial charge in [0.05, 0.1) is 0 Å². The lowest BCUT2D eigenvalue weighted by molar-refractivity contribution is 0.249. The molecule has 0 atom stereocenters. The van der Waals surface area contributed by atoms with Gasteiger partial charge < -0.3 is 15.1 Å². The number of nitrogens with zero attached hydrogens (tertiary/aromatic N) is 3. The molecule has 0 bridgehead atoms. The van der Waals surface area contributed by atoms with Crippen molar-refractivity contribution in [2.45, 2.75) is 32.4 Å². The first-order chi connectivity index (χ1) is 9.11. The molecule has 1 fully saturated rings. The maximum Gasteiger partial charge on any atom is 0.128 e. The fraction of sp³-hybridized carbons (Fsp3) is 0.667. The number of rotatable bonds is 4. The van der Waals surface area contributed by atoms with Crippen LogP contribution in [0.25, 0.3) is 0 Å². The molecule has 4 nitrogen and oxygen atoms in total. The van der Waals surface area contributed by atoms with E-state index in [0.29, 0.717) is 0 Å². The largest absolute Gasteiger partial charge is 0.356 e. The van der Waals surface area contributed by atoms with E-state index in [-0.39, 0.29) is 0 Å². The van der Waals surface area contributed by atoms with Crippen LogP contribution in [0.15, 0.2) is 12.1 Å². The Bertz CT molecular complexity index is 409. The van der Waals surface area contributed by atoms with Crippen molar-refractivity contribution in [1.82, 2.24) is 15.2 Å². The minimum Gasteiger partial charge on any atom is -0.356 e. The fourth-order valence-corrected chi connectivity index (χ4v) is 2.74. The Morgan fingerprint density at radius 3 is 2.53 bits per heavy atom. The molecule has 4 heteroatoms. The normalized spacial score (nSPS) is 17.2. The van der Waals surface area contributed by atoms with Crippen LogP contribution in [0.1, 0.15) is 24.1 Å². The zero-order valence-electron chi connectivity index (χ0n) is 12.6. The highest BCUT2D eigenvalue weighted by Gasteiger charge is 2.21. The Morgan fingerprint density at radius 2 is 2.00 bits per heavy atom. The quantitative estimate of drug-likeness (QED) is 0.894. The minimum atomic E-state index is 0.723. The predicted octanol–water partition coefficient (Wildman–Crippen LogP) is 1.64. The summed E-state index contributed by atoms with van der Waals surface area (Å²) in [6, 6.07) is 5.09. The lowest BCUT2D eigenvalue weighted by Gasteiger charge is -2.36. The second-order valence-corrected chi connectivity index (χ2v) is 5.63. The van der Waals surface area contributed by atoms with Gasteiger partial charge in [-0.15, -0.1) is 0 Å². The molecule has 1 aromatic rings. The Hall–Kier alpha value is -1.13. The number of nitrogens with one attached hydrogen (secondary N) is 1. The number of hydrogen-bond donors (Lipinski definition) is 1. The first-order valence-electron chi connectivity index (χ1n) is 7.14. The van der Waals surface area contributed by atoms with Crippen LogP contribution < -0.4 is 10.2 Å². The van der Waals surface area contributed by atoms with Crippen LogP contribution in [-0.4, -0.2) is 50.2 Å². The third-order valence-corrected chi connectivity index (χ3v) is 4.07. The summed E-state index contributed by atoms with van der Waals surface area (Å²) >= 11 is 0. The van der Waals surface area contributed by atoms with Crippen LogP contribution in [0.3, 0.4) is 0 Å². The first kappa shape index (κ1) is 14.3. The highest BCUT2D eigenvalue weighted by atomic mass is 15.2. The summed E-state index contributed by atoms with van der Waals surface area (Å²) in [6.07, 6.45) is 2.46. The second kappa shape index (κ2) is 6.35. The third kappa shape index (κ3) is 3.45. The van der Waals surface area contributed by atoms with Crippen molar-refractivity contribution in [2.75, 3.05) is 39.1 Å². The summed E-state index contributed by atoms with van der Waals surface area (Å²) < 4.78 is 0. The molecule has 0 saturated carbocycles. The van der Waals surface area contributed by atoms with Gasteiger partial charge in [0.15, 0.2) is 0 Å². The summed E-state index contributed by atoms with van der Waals surface area (Å²) in [6.45, 7) is 5.21. The smallest absolute Gasteiger partial charge is 0.128 e. The molecule has 1 N–H and O–H groups in total. The van der Waals surface area contributed by atoms with Gasteiger partial charge in [-0.2, -0.15) is 0 Å². The van der Waals surface area contributed by atoms with E-state index in [2.05, 4.69) is 48.3 Å². The van der Waals surface area contributed by atoms with E-state index in [1.807, 2.05) is 7.05 Å². The van der Waals surface area contributed by atoms with Gasteiger partial charge in [0.2, 0.25) is 0 Å². The molecule has 0 unspecified atom stereocenters. The highest BCUT2D eigenvalue weighted by molar-refractivity contribution is 5.42. The van der Waals surface area contributed by atoms with E-state index in [9.17, 15) is 0 Å². The number of hydrogen-bond acceptors (Lipinski definition) is 4. The standard InChI is InChI=1S/C15H26N4/c1-12-13(11-16-2)5-6-15(17-12)19-9-7-14(8-10-19)18(3)4/h5-6,14,16H,7-11H2,1-4H3. The number of piperidine rings is 1. The monoisotopic (exact) mass is 262 g/mol. The molecule has 0 aliphatic carbocycles. The van der Waals surface area contributed by atoms with Crippen molar-refractivity contribution in [3.63, 3.8) is 0 Å². The van der Waals surface area contributed by atoms with Gasteiger partial charge >= 0.3 is 0 Å². The van der Waals surface area contributed by atoms with Crippen molar-refractivity contribution in [1.29, 1.82) is 0 Å². The van der Waals surface area contributed by atoms with Crippen molar-refractivity contribution in [3.8, 4) is 0 Å². The molecular weight excluding hydrogens is 236 g/mol. The molecule has 2 heterocycles.